The van der Waals surface area contributed by atoms with Crippen LogP contribution in [0.2, 0.25) is 6.04 Å². The molecule has 116 valence electrons. The summed E-state index contributed by atoms with van der Waals surface area (Å²) in [6, 6.07) is 0.726. The molecule has 1 unspecified atom stereocenters. The topological polar surface area (TPSA) is 44.8 Å². The van der Waals surface area contributed by atoms with Crippen molar-refractivity contribution in [1.29, 1.82) is 0 Å². The van der Waals surface area contributed by atoms with Gasteiger partial charge in [-0.15, -0.1) is 0 Å². The van der Waals surface area contributed by atoms with E-state index >= 15 is 0 Å². The van der Waals surface area contributed by atoms with E-state index < -0.39 is 15.9 Å². The third-order valence-electron chi connectivity index (χ3n) is 2.84. The summed E-state index contributed by atoms with van der Waals surface area (Å²) in [5.41, 5.74) is 0. The SMILES string of the molecule is CCCO[Si](CC)(OCCC)OC(CC)P(C)(C)=O. The van der Waals surface area contributed by atoms with Gasteiger partial charge in [-0.05, 0) is 32.6 Å². The maximum Gasteiger partial charge on any atom is 0.501 e. The van der Waals surface area contributed by atoms with Crippen LogP contribution in [-0.4, -0.2) is 41.2 Å². The van der Waals surface area contributed by atoms with Crippen LogP contribution in [0.15, 0.2) is 0 Å². The van der Waals surface area contributed by atoms with Crippen molar-refractivity contribution in [3.63, 3.8) is 0 Å². The van der Waals surface area contributed by atoms with Gasteiger partial charge in [0.25, 0.3) is 0 Å². The Hall–Kier alpha value is 0.327. The maximum absolute atomic E-state index is 12.3. The highest BCUT2D eigenvalue weighted by Gasteiger charge is 2.43. The Morgan fingerprint density at radius 2 is 1.47 bits per heavy atom. The van der Waals surface area contributed by atoms with Gasteiger partial charge in [0, 0.05) is 19.3 Å². The van der Waals surface area contributed by atoms with Crippen LogP contribution in [0.1, 0.15) is 47.0 Å². The second kappa shape index (κ2) is 9.30. The van der Waals surface area contributed by atoms with Crippen LogP contribution in [-0.2, 0) is 17.8 Å². The highest BCUT2D eigenvalue weighted by Crippen LogP contribution is 2.46. The van der Waals surface area contributed by atoms with E-state index in [4.69, 9.17) is 13.3 Å². The Kier molecular flexibility index (Phi) is 9.46. The van der Waals surface area contributed by atoms with E-state index in [9.17, 15) is 4.57 Å². The van der Waals surface area contributed by atoms with Gasteiger partial charge in [0.15, 0.2) is 0 Å². The van der Waals surface area contributed by atoms with Crippen molar-refractivity contribution in [1.82, 2.24) is 0 Å². The first-order valence-electron chi connectivity index (χ1n) is 7.35. The standard InChI is InChI=1S/C13H31O4PSi/c1-7-11-15-19(10-4,16-12-8-2)17-13(9-3)18(5,6)14/h13H,7-12H2,1-6H3. The Morgan fingerprint density at radius 3 is 1.74 bits per heavy atom. The van der Waals surface area contributed by atoms with Gasteiger partial charge in [0.1, 0.15) is 13.0 Å². The zero-order chi connectivity index (χ0) is 14.9. The molecule has 0 aromatic rings. The summed E-state index contributed by atoms with van der Waals surface area (Å²) < 4.78 is 30.3. The Balaban J connectivity index is 4.92. The van der Waals surface area contributed by atoms with Gasteiger partial charge in [-0.3, -0.25) is 0 Å². The Bertz CT molecular complexity index is 272. The van der Waals surface area contributed by atoms with Crippen LogP contribution >= 0.6 is 7.14 Å². The summed E-state index contributed by atoms with van der Waals surface area (Å²) >= 11 is 0. The van der Waals surface area contributed by atoms with Crippen LogP contribution in [0, 0.1) is 0 Å². The van der Waals surface area contributed by atoms with Crippen LogP contribution in [0.5, 0.6) is 0 Å². The molecule has 0 aromatic heterocycles. The van der Waals surface area contributed by atoms with Gasteiger partial charge >= 0.3 is 8.80 Å². The highest BCUT2D eigenvalue weighted by atomic mass is 31.2. The first-order valence-corrected chi connectivity index (χ1v) is 12.0. The van der Waals surface area contributed by atoms with Crippen LogP contribution in [0.4, 0.5) is 0 Å². The van der Waals surface area contributed by atoms with Crippen molar-refractivity contribution in [2.45, 2.75) is 58.8 Å². The molecule has 0 fully saturated rings. The lowest BCUT2D eigenvalue weighted by atomic mass is 10.5. The first-order chi connectivity index (χ1) is 8.85. The Morgan fingerprint density at radius 1 is 1.00 bits per heavy atom. The molecule has 0 aromatic carbocycles. The van der Waals surface area contributed by atoms with E-state index in [0.717, 1.165) is 25.3 Å². The molecule has 1 atom stereocenters. The monoisotopic (exact) mass is 310 g/mol. The number of rotatable bonds is 11. The maximum atomic E-state index is 12.3. The molecule has 0 bridgehead atoms. The van der Waals surface area contributed by atoms with Gasteiger partial charge in [0.05, 0.1) is 0 Å². The fraction of sp³-hybridized carbons (Fsp3) is 1.00. The molecule has 19 heavy (non-hydrogen) atoms. The van der Waals surface area contributed by atoms with Crippen LogP contribution < -0.4 is 0 Å². The fourth-order valence-electron chi connectivity index (χ4n) is 1.77. The van der Waals surface area contributed by atoms with Gasteiger partial charge in [-0.25, -0.2) is 0 Å². The molecule has 6 heteroatoms. The average Bonchev–Trinajstić information content (AvgIpc) is 2.37. The third kappa shape index (κ3) is 7.05. The number of hydrogen-bond acceptors (Lipinski definition) is 4. The smallest absolute Gasteiger partial charge is 0.373 e. The van der Waals surface area contributed by atoms with Crippen molar-refractivity contribution in [2.24, 2.45) is 0 Å². The van der Waals surface area contributed by atoms with Crippen molar-refractivity contribution in [3.05, 3.63) is 0 Å². The molecule has 0 heterocycles. The van der Waals surface area contributed by atoms with E-state index in [1.807, 2.05) is 13.8 Å². The van der Waals surface area contributed by atoms with Crippen molar-refractivity contribution >= 4 is 15.9 Å². The summed E-state index contributed by atoms with van der Waals surface area (Å²) in [5.74, 6) is -0.257. The molecule has 0 N–H and O–H groups in total. The van der Waals surface area contributed by atoms with Crippen LogP contribution in [0.25, 0.3) is 0 Å². The lowest BCUT2D eigenvalue weighted by Gasteiger charge is -2.33. The van der Waals surface area contributed by atoms with Gasteiger partial charge in [-0.1, -0.05) is 27.7 Å². The van der Waals surface area contributed by atoms with Crippen molar-refractivity contribution < 1.29 is 17.8 Å². The summed E-state index contributed by atoms with van der Waals surface area (Å²) in [6.07, 6.45) is 2.59. The molecule has 0 radical (unpaired) electrons. The second-order valence-electron chi connectivity index (χ2n) is 5.15. The van der Waals surface area contributed by atoms with Gasteiger partial charge in [0.2, 0.25) is 0 Å². The zero-order valence-electron chi connectivity index (χ0n) is 13.4. The molecule has 0 aliphatic heterocycles. The molecular weight excluding hydrogens is 279 g/mol. The van der Waals surface area contributed by atoms with Gasteiger partial charge < -0.3 is 17.8 Å². The molecule has 4 nitrogen and oxygen atoms in total. The predicted molar refractivity (Wildman–Crippen MR) is 83.3 cm³/mol. The summed E-state index contributed by atoms with van der Waals surface area (Å²) in [4.78, 5) is 0. The van der Waals surface area contributed by atoms with Crippen molar-refractivity contribution in [2.75, 3.05) is 26.5 Å². The van der Waals surface area contributed by atoms with E-state index in [1.165, 1.54) is 0 Å². The summed E-state index contributed by atoms with van der Waals surface area (Å²) in [7, 11) is -4.97. The normalized spacial score (nSPS) is 14.6. The third-order valence-corrected chi connectivity index (χ3v) is 7.70. The average molecular weight is 310 g/mol. The largest absolute Gasteiger partial charge is 0.501 e. The van der Waals surface area contributed by atoms with E-state index in [2.05, 4.69) is 13.8 Å². The molecule has 0 saturated heterocycles. The minimum Gasteiger partial charge on any atom is -0.373 e. The van der Waals surface area contributed by atoms with Crippen molar-refractivity contribution in [3.8, 4) is 0 Å². The minimum atomic E-state index is -2.68. The molecular formula is C13H31O4PSi. The molecule has 0 aliphatic rings. The van der Waals surface area contributed by atoms with Gasteiger partial charge in [-0.2, -0.15) is 0 Å². The molecule has 0 aliphatic carbocycles. The molecule has 0 saturated carbocycles. The lowest BCUT2D eigenvalue weighted by molar-refractivity contribution is 0.0485. The zero-order valence-corrected chi connectivity index (χ0v) is 15.3. The van der Waals surface area contributed by atoms with E-state index in [1.54, 1.807) is 13.3 Å². The Labute approximate surface area is 119 Å². The summed E-state index contributed by atoms with van der Waals surface area (Å²) in [5, 5.41) is 0. The number of hydrogen-bond donors (Lipinski definition) is 0. The predicted octanol–water partition coefficient (Wildman–Crippen LogP) is 4.17. The fourth-order valence-corrected chi connectivity index (χ4v) is 6.55. The lowest BCUT2D eigenvalue weighted by Crippen LogP contribution is -2.48. The van der Waals surface area contributed by atoms with Crippen LogP contribution in [0.3, 0.4) is 0 Å². The minimum absolute atomic E-state index is 0.257. The molecule has 0 amide bonds. The van der Waals surface area contributed by atoms with E-state index in [-0.39, 0.29) is 5.85 Å². The first kappa shape index (κ1) is 19.3. The van der Waals surface area contributed by atoms with E-state index in [0.29, 0.717) is 13.2 Å². The quantitative estimate of drug-likeness (QED) is 0.424. The molecule has 0 rings (SSSR count). The second-order valence-corrected chi connectivity index (χ2v) is 11.5. The highest BCUT2D eigenvalue weighted by molar-refractivity contribution is 7.62. The molecule has 0 spiro atoms. The summed E-state index contributed by atoms with van der Waals surface area (Å²) in [6.45, 7) is 13.0.